The Labute approximate surface area is 183 Å². The first-order valence-electron chi connectivity index (χ1n) is 9.99. The summed E-state index contributed by atoms with van der Waals surface area (Å²) in [6.07, 6.45) is 4.37. The molecule has 0 aliphatic carbocycles. The van der Waals surface area contributed by atoms with Crippen LogP contribution in [0.25, 0.3) is 16.9 Å². The highest BCUT2D eigenvalue weighted by Gasteiger charge is 2.28. The van der Waals surface area contributed by atoms with Crippen molar-refractivity contribution in [2.45, 2.75) is 31.7 Å². The first kappa shape index (κ1) is 21.6. The molecule has 1 saturated heterocycles. The van der Waals surface area contributed by atoms with Gasteiger partial charge in [-0.3, -0.25) is 9.78 Å². The Morgan fingerprint density at radius 2 is 2.19 bits per heavy atom. The van der Waals surface area contributed by atoms with E-state index in [1.165, 1.54) is 30.8 Å². The molecule has 1 amide bonds. The summed E-state index contributed by atoms with van der Waals surface area (Å²) in [5.41, 5.74) is 1.21. The molecule has 1 atom stereocenters. The first-order chi connectivity index (χ1) is 15.3. The van der Waals surface area contributed by atoms with Crippen LogP contribution < -0.4 is 10.6 Å². The zero-order valence-electron chi connectivity index (χ0n) is 17.5. The molecule has 1 aliphatic heterocycles. The molecule has 0 spiro atoms. The van der Waals surface area contributed by atoms with E-state index in [-0.39, 0.29) is 18.2 Å². The molecule has 0 saturated carbocycles. The molecule has 0 bridgehead atoms. The minimum atomic E-state index is -1.63. The number of carbonyl (C=O) groups excluding carboxylic acids is 1. The number of hydrogen-bond acceptors (Lipinski definition) is 8. The number of hydrogen-bond donors (Lipinski definition) is 3. The zero-order chi connectivity index (χ0) is 22.9. The van der Waals surface area contributed by atoms with E-state index in [4.69, 9.17) is 10.00 Å². The lowest BCUT2D eigenvalue weighted by atomic mass is 10.0. The smallest absolute Gasteiger partial charge is 0.255 e. The quantitative estimate of drug-likeness (QED) is 0.501. The number of halogens is 1. The van der Waals surface area contributed by atoms with Gasteiger partial charge in [0.2, 0.25) is 0 Å². The van der Waals surface area contributed by atoms with Crippen molar-refractivity contribution in [3.8, 4) is 17.3 Å². The highest BCUT2D eigenvalue weighted by Crippen LogP contribution is 2.27. The summed E-state index contributed by atoms with van der Waals surface area (Å²) in [6, 6.07) is 3.74. The van der Waals surface area contributed by atoms with Gasteiger partial charge in [-0.15, -0.1) is 0 Å². The number of anilines is 1. The Morgan fingerprint density at radius 1 is 1.41 bits per heavy atom. The van der Waals surface area contributed by atoms with Crippen LogP contribution in [0.2, 0.25) is 0 Å². The maximum atomic E-state index is 14.1. The van der Waals surface area contributed by atoms with E-state index in [1.54, 1.807) is 18.5 Å². The third-order valence-corrected chi connectivity index (χ3v) is 5.12. The number of fused-ring (bicyclic) bond motifs is 1. The molecule has 1 aliphatic rings. The maximum Gasteiger partial charge on any atom is 0.255 e. The number of aromatic nitrogens is 4. The first-order valence-corrected chi connectivity index (χ1v) is 9.99. The zero-order valence-corrected chi connectivity index (χ0v) is 17.5. The van der Waals surface area contributed by atoms with E-state index in [0.717, 1.165) is 0 Å². The second-order valence-corrected chi connectivity index (χ2v) is 8.11. The van der Waals surface area contributed by atoms with Crippen molar-refractivity contribution in [3.63, 3.8) is 0 Å². The number of nitriles is 1. The van der Waals surface area contributed by atoms with Crippen LogP contribution >= 0.6 is 0 Å². The molecule has 1 unspecified atom stereocenters. The van der Waals surface area contributed by atoms with Gasteiger partial charge in [0.1, 0.15) is 12.2 Å². The molecule has 10 nitrogen and oxygen atoms in total. The van der Waals surface area contributed by atoms with Crippen molar-refractivity contribution in [1.29, 1.82) is 5.26 Å². The molecule has 3 N–H and O–H groups in total. The summed E-state index contributed by atoms with van der Waals surface area (Å²) in [5.74, 6) is -0.518. The fraction of sp³-hybridized carbons (Fsp3) is 0.381. The van der Waals surface area contributed by atoms with E-state index in [1.807, 2.05) is 6.07 Å². The number of amides is 1. The van der Waals surface area contributed by atoms with Crippen LogP contribution in [0.15, 0.2) is 30.9 Å². The molecule has 166 valence electrons. The Kier molecular flexibility index (Phi) is 5.73. The number of aliphatic hydroxyl groups is 1. The Hall–Kier alpha value is -3.62. The minimum Gasteiger partial charge on any atom is -0.387 e. The van der Waals surface area contributed by atoms with Gasteiger partial charge >= 0.3 is 0 Å². The number of ether oxygens (including phenoxy) is 1. The van der Waals surface area contributed by atoms with Gasteiger partial charge in [0, 0.05) is 12.4 Å². The lowest BCUT2D eigenvalue weighted by Crippen LogP contribution is -2.43. The van der Waals surface area contributed by atoms with E-state index in [2.05, 4.69) is 25.7 Å². The number of alkyl halides is 1. The lowest BCUT2D eigenvalue weighted by Gasteiger charge is -2.29. The molecular formula is C21H22FN7O3. The van der Waals surface area contributed by atoms with Gasteiger partial charge < -0.3 is 20.5 Å². The van der Waals surface area contributed by atoms with Crippen molar-refractivity contribution >= 4 is 17.2 Å². The molecule has 0 radical (unpaired) electrons. The second kappa shape index (κ2) is 8.49. The molecule has 4 rings (SSSR count). The van der Waals surface area contributed by atoms with Crippen molar-refractivity contribution in [2.75, 3.05) is 25.1 Å². The molecule has 3 aromatic heterocycles. The van der Waals surface area contributed by atoms with Crippen LogP contribution in [0.4, 0.5) is 10.1 Å². The molecule has 0 aromatic carbocycles. The fourth-order valence-corrected chi connectivity index (χ4v) is 3.08. The highest BCUT2D eigenvalue weighted by molar-refractivity contribution is 6.00. The number of carbonyl (C=O) groups is 1. The van der Waals surface area contributed by atoms with E-state index >= 15 is 0 Å². The summed E-state index contributed by atoms with van der Waals surface area (Å²) < 4.78 is 20.8. The second-order valence-electron chi connectivity index (χ2n) is 8.11. The number of nitrogens with zero attached hydrogens (tertiary/aromatic N) is 5. The van der Waals surface area contributed by atoms with Crippen LogP contribution in [0.3, 0.4) is 0 Å². The monoisotopic (exact) mass is 439 g/mol. The Balaban J connectivity index is 1.64. The average molecular weight is 439 g/mol. The van der Waals surface area contributed by atoms with Gasteiger partial charge in [-0.1, -0.05) is 0 Å². The normalized spacial score (nSPS) is 15.1. The molecule has 1 fully saturated rings. The predicted octanol–water partition coefficient (Wildman–Crippen LogP) is 1.31. The van der Waals surface area contributed by atoms with E-state index in [0.29, 0.717) is 41.4 Å². The van der Waals surface area contributed by atoms with Crippen LogP contribution in [0.1, 0.15) is 29.8 Å². The van der Waals surface area contributed by atoms with Crippen LogP contribution in [0.5, 0.6) is 0 Å². The third-order valence-electron chi connectivity index (χ3n) is 5.12. The largest absolute Gasteiger partial charge is 0.387 e. The van der Waals surface area contributed by atoms with E-state index < -0.39 is 17.7 Å². The van der Waals surface area contributed by atoms with Gasteiger partial charge in [-0.05, 0) is 19.9 Å². The van der Waals surface area contributed by atoms with Crippen LogP contribution in [-0.4, -0.2) is 68.2 Å². The van der Waals surface area contributed by atoms with Crippen LogP contribution in [-0.2, 0) is 4.74 Å². The van der Waals surface area contributed by atoms with Crippen LogP contribution in [0, 0.1) is 11.3 Å². The maximum absolute atomic E-state index is 14.1. The molecule has 32 heavy (non-hydrogen) atoms. The average Bonchev–Trinajstić information content (AvgIpc) is 3.16. The lowest BCUT2D eigenvalue weighted by molar-refractivity contribution is -0.00178. The molecule has 11 heteroatoms. The summed E-state index contributed by atoms with van der Waals surface area (Å²) >= 11 is 0. The number of nitrogens with one attached hydrogen (secondary N) is 2. The molecular weight excluding hydrogens is 417 g/mol. The SMILES string of the molecule is CC(C)(O)C(F)CNC(=O)c1cnc(-c2cnn3cc(C#N)cnc23)cc1NC1COC1. The van der Waals surface area contributed by atoms with Gasteiger partial charge in [-0.25, -0.2) is 13.9 Å². The number of pyridine rings is 1. The standard InChI is InChI=1S/C21H22FN7O3/c1-21(2,31)18(22)8-26-20(30)15-6-24-16(3-17(15)28-13-10-32-11-13)14-7-27-29-9-12(4-23)5-25-19(14)29/h3,5-7,9,13,18,31H,8,10-11H2,1-2H3,(H,24,28)(H,26,30). The summed E-state index contributed by atoms with van der Waals surface area (Å²) in [4.78, 5) is 21.4. The minimum absolute atomic E-state index is 0.0299. The van der Waals surface area contributed by atoms with Crippen molar-refractivity contribution in [2.24, 2.45) is 0 Å². The summed E-state index contributed by atoms with van der Waals surface area (Å²) in [6.45, 7) is 3.34. The fourth-order valence-electron chi connectivity index (χ4n) is 3.08. The molecule has 4 heterocycles. The summed E-state index contributed by atoms with van der Waals surface area (Å²) in [5, 5.41) is 28.8. The summed E-state index contributed by atoms with van der Waals surface area (Å²) in [7, 11) is 0. The Bertz CT molecular complexity index is 1190. The van der Waals surface area contributed by atoms with E-state index in [9.17, 15) is 14.3 Å². The molecule has 3 aromatic rings. The van der Waals surface area contributed by atoms with Gasteiger partial charge in [0.25, 0.3) is 5.91 Å². The third kappa shape index (κ3) is 4.37. The van der Waals surface area contributed by atoms with Crippen molar-refractivity contribution in [1.82, 2.24) is 24.9 Å². The Morgan fingerprint density at radius 3 is 2.84 bits per heavy atom. The topological polar surface area (TPSA) is 137 Å². The number of rotatable bonds is 7. The van der Waals surface area contributed by atoms with Crippen molar-refractivity contribution < 1.29 is 19.0 Å². The van der Waals surface area contributed by atoms with Gasteiger partial charge in [0.15, 0.2) is 5.65 Å². The van der Waals surface area contributed by atoms with Gasteiger partial charge in [0.05, 0.1) is 71.9 Å². The van der Waals surface area contributed by atoms with Gasteiger partial charge in [-0.2, -0.15) is 10.4 Å². The highest BCUT2D eigenvalue weighted by atomic mass is 19.1. The predicted molar refractivity (Wildman–Crippen MR) is 113 cm³/mol. The van der Waals surface area contributed by atoms with Crippen molar-refractivity contribution in [3.05, 3.63) is 42.0 Å².